The Hall–Kier alpha value is -2.34. The van der Waals surface area contributed by atoms with E-state index < -0.39 is 11.9 Å². The predicted molar refractivity (Wildman–Crippen MR) is 67.6 cm³/mol. The summed E-state index contributed by atoms with van der Waals surface area (Å²) in [6.07, 6.45) is 1.29. The van der Waals surface area contributed by atoms with Crippen molar-refractivity contribution in [3.63, 3.8) is 0 Å². The predicted octanol–water partition coefficient (Wildman–Crippen LogP) is 2.59. The molecule has 1 heterocycles. The highest BCUT2D eigenvalue weighted by molar-refractivity contribution is 6.33. The number of nitrogens with one attached hydrogen (secondary N) is 1. The Morgan fingerprint density at radius 1 is 1.37 bits per heavy atom. The average molecular weight is 281 g/mol. The fourth-order valence-electron chi connectivity index (χ4n) is 1.48. The summed E-state index contributed by atoms with van der Waals surface area (Å²) in [4.78, 5) is 22.8. The van der Waals surface area contributed by atoms with Gasteiger partial charge < -0.3 is 14.9 Å². The lowest BCUT2D eigenvalue weighted by molar-refractivity contribution is 0.0696. The van der Waals surface area contributed by atoms with Crippen LogP contribution in [0.15, 0.2) is 28.9 Å². The fraction of sp³-hybridized carbons (Fsp3) is 0.0833. The van der Waals surface area contributed by atoms with E-state index in [0.717, 1.165) is 0 Å². The molecule has 2 rings (SSSR count). The smallest absolute Gasteiger partial charge is 0.337 e. The molecule has 0 saturated carbocycles. The van der Waals surface area contributed by atoms with Gasteiger partial charge in [-0.1, -0.05) is 16.8 Å². The fourth-order valence-corrected chi connectivity index (χ4v) is 1.68. The third-order valence-electron chi connectivity index (χ3n) is 2.45. The van der Waals surface area contributed by atoms with Crippen molar-refractivity contribution in [1.29, 1.82) is 0 Å². The van der Waals surface area contributed by atoms with Crippen LogP contribution in [0.4, 0.5) is 5.69 Å². The van der Waals surface area contributed by atoms with Crippen LogP contribution >= 0.6 is 11.6 Å². The summed E-state index contributed by atoms with van der Waals surface area (Å²) in [5.74, 6) is -1.22. The summed E-state index contributed by atoms with van der Waals surface area (Å²) in [6.45, 7) is 1.60. The highest BCUT2D eigenvalue weighted by Gasteiger charge is 2.15. The number of aromatic nitrogens is 1. The third-order valence-corrected chi connectivity index (χ3v) is 2.78. The van der Waals surface area contributed by atoms with Gasteiger partial charge in [-0.15, -0.1) is 0 Å². The number of amides is 1. The molecule has 2 N–H and O–H groups in total. The van der Waals surface area contributed by atoms with Crippen molar-refractivity contribution in [3.8, 4) is 0 Å². The molecular formula is C12H9ClN2O4. The number of hydrogen-bond acceptors (Lipinski definition) is 4. The lowest BCUT2D eigenvalue weighted by atomic mass is 10.2. The molecule has 0 bridgehead atoms. The zero-order chi connectivity index (χ0) is 14.0. The largest absolute Gasteiger partial charge is 0.478 e. The number of hydrogen-bond donors (Lipinski definition) is 2. The Kier molecular flexibility index (Phi) is 3.52. The van der Waals surface area contributed by atoms with Crippen molar-refractivity contribution in [3.05, 3.63) is 46.3 Å². The number of aryl methyl sites for hydroxylation is 1. The van der Waals surface area contributed by atoms with Crippen molar-refractivity contribution in [2.75, 3.05) is 5.32 Å². The van der Waals surface area contributed by atoms with Gasteiger partial charge in [0.05, 0.1) is 16.8 Å². The van der Waals surface area contributed by atoms with E-state index in [0.29, 0.717) is 11.4 Å². The minimum Gasteiger partial charge on any atom is -0.478 e. The Morgan fingerprint density at radius 3 is 2.68 bits per heavy atom. The first-order valence-corrected chi connectivity index (χ1v) is 5.62. The van der Waals surface area contributed by atoms with Crippen molar-refractivity contribution < 1.29 is 19.2 Å². The minimum absolute atomic E-state index is 0.0819. The van der Waals surface area contributed by atoms with E-state index in [9.17, 15) is 9.59 Å². The lowest BCUT2D eigenvalue weighted by Gasteiger charge is -2.06. The van der Waals surface area contributed by atoms with Gasteiger partial charge in [0.25, 0.3) is 5.91 Å². The number of halogens is 1. The van der Waals surface area contributed by atoms with Crippen molar-refractivity contribution in [2.24, 2.45) is 0 Å². The maximum atomic E-state index is 11.9. The molecule has 2 aromatic rings. The van der Waals surface area contributed by atoms with Crippen LogP contribution in [0.25, 0.3) is 0 Å². The van der Waals surface area contributed by atoms with Crippen LogP contribution in [0.5, 0.6) is 0 Å². The molecule has 6 nitrogen and oxygen atoms in total. The van der Waals surface area contributed by atoms with Crippen LogP contribution in [0.3, 0.4) is 0 Å². The van der Waals surface area contributed by atoms with Gasteiger partial charge in [0, 0.05) is 5.69 Å². The van der Waals surface area contributed by atoms with Crippen LogP contribution in [0.1, 0.15) is 26.5 Å². The van der Waals surface area contributed by atoms with E-state index in [1.54, 1.807) is 6.92 Å². The summed E-state index contributed by atoms with van der Waals surface area (Å²) in [5.41, 5.74) is 0.528. The van der Waals surface area contributed by atoms with Crippen LogP contribution in [0.2, 0.25) is 5.02 Å². The third kappa shape index (κ3) is 2.74. The summed E-state index contributed by atoms with van der Waals surface area (Å²) in [5, 5.41) is 15.1. The van der Waals surface area contributed by atoms with E-state index in [1.165, 1.54) is 24.4 Å². The summed E-state index contributed by atoms with van der Waals surface area (Å²) in [6, 6.07) is 4.20. The summed E-state index contributed by atoms with van der Waals surface area (Å²) < 4.78 is 4.78. The molecule has 0 aliphatic carbocycles. The van der Waals surface area contributed by atoms with Crippen LogP contribution in [-0.2, 0) is 0 Å². The van der Waals surface area contributed by atoms with Gasteiger partial charge in [0.1, 0.15) is 11.3 Å². The van der Waals surface area contributed by atoms with Crippen molar-refractivity contribution >= 4 is 29.2 Å². The molecule has 0 aliphatic heterocycles. The van der Waals surface area contributed by atoms with E-state index in [1.807, 2.05) is 0 Å². The summed E-state index contributed by atoms with van der Waals surface area (Å²) >= 11 is 5.73. The van der Waals surface area contributed by atoms with E-state index in [-0.39, 0.29) is 16.1 Å². The Bertz CT molecular complexity index is 651. The second kappa shape index (κ2) is 5.11. The van der Waals surface area contributed by atoms with Gasteiger partial charge in [0.2, 0.25) is 0 Å². The Labute approximate surface area is 113 Å². The maximum Gasteiger partial charge on any atom is 0.337 e. The van der Waals surface area contributed by atoms with Gasteiger partial charge in [-0.3, -0.25) is 4.79 Å². The number of carbonyl (C=O) groups is 2. The molecule has 0 fully saturated rings. The first-order valence-electron chi connectivity index (χ1n) is 5.24. The molecule has 19 heavy (non-hydrogen) atoms. The highest BCUT2D eigenvalue weighted by Crippen LogP contribution is 2.21. The number of carboxylic acid groups (broad SMARTS) is 1. The average Bonchev–Trinajstić information content (AvgIpc) is 2.77. The topological polar surface area (TPSA) is 92.4 Å². The molecule has 0 atom stereocenters. The van der Waals surface area contributed by atoms with E-state index in [4.69, 9.17) is 21.2 Å². The standard InChI is InChI=1S/C12H9ClN2O4/c1-6-9(5-14-19-6)11(16)15-7-2-3-10(13)8(4-7)12(17)18/h2-5H,1H3,(H,15,16)(H,17,18). The number of carbonyl (C=O) groups excluding carboxylic acids is 1. The van der Waals surface area contributed by atoms with Gasteiger partial charge in [-0.05, 0) is 25.1 Å². The number of rotatable bonds is 3. The van der Waals surface area contributed by atoms with Gasteiger partial charge in [0.15, 0.2) is 0 Å². The number of aromatic carboxylic acids is 1. The lowest BCUT2D eigenvalue weighted by Crippen LogP contribution is -2.12. The quantitative estimate of drug-likeness (QED) is 0.901. The van der Waals surface area contributed by atoms with E-state index in [2.05, 4.69) is 10.5 Å². The first-order chi connectivity index (χ1) is 8.99. The summed E-state index contributed by atoms with van der Waals surface area (Å²) in [7, 11) is 0. The number of benzene rings is 1. The number of carboxylic acids is 1. The highest BCUT2D eigenvalue weighted by atomic mass is 35.5. The molecule has 0 aliphatic rings. The maximum absolute atomic E-state index is 11.9. The molecule has 1 amide bonds. The molecule has 0 radical (unpaired) electrons. The first kappa shape index (κ1) is 13.1. The Balaban J connectivity index is 2.25. The van der Waals surface area contributed by atoms with Crippen LogP contribution < -0.4 is 5.32 Å². The van der Waals surface area contributed by atoms with Crippen LogP contribution in [-0.4, -0.2) is 22.1 Å². The second-order valence-electron chi connectivity index (χ2n) is 3.75. The number of nitrogens with zero attached hydrogens (tertiary/aromatic N) is 1. The molecule has 0 spiro atoms. The molecule has 1 aromatic heterocycles. The van der Waals surface area contributed by atoms with Crippen molar-refractivity contribution in [2.45, 2.75) is 6.92 Å². The molecule has 1 aromatic carbocycles. The molecule has 0 saturated heterocycles. The normalized spacial score (nSPS) is 10.2. The zero-order valence-corrected chi connectivity index (χ0v) is 10.6. The van der Waals surface area contributed by atoms with Crippen LogP contribution in [0, 0.1) is 6.92 Å². The second-order valence-corrected chi connectivity index (χ2v) is 4.16. The van der Waals surface area contributed by atoms with Gasteiger partial charge in [-0.2, -0.15) is 0 Å². The van der Waals surface area contributed by atoms with Crippen molar-refractivity contribution in [1.82, 2.24) is 5.16 Å². The Morgan fingerprint density at radius 2 is 2.11 bits per heavy atom. The van der Waals surface area contributed by atoms with Gasteiger partial charge in [-0.25, -0.2) is 4.79 Å². The SMILES string of the molecule is Cc1oncc1C(=O)Nc1ccc(Cl)c(C(=O)O)c1. The molecule has 0 unspecified atom stereocenters. The molecule has 98 valence electrons. The molecule has 7 heteroatoms. The number of anilines is 1. The van der Waals surface area contributed by atoms with Gasteiger partial charge >= 0.3 is 5.97 Å². The minimum atomic E-state index is -1.16. The van der Waals surface area contributed by atoms with E-state index >= 15 is 0 Å². The molecular weight excluding hydrogens is 272 g/mol. The monoisotopic (exact) mass is 280 g/mol. The zero-order valence-electron chi connectivity index (χ0n) is 9.81.